The predicted molar refractivity (Wildman–Crippen MR) is 118 cm³/mol. The monoisotopic (exact) mass is 428 g/mol. The molecule has 1 amide bonds. The molecule has 0 radical (unpaired) electrons. The van der Waals surface area contributed by atoms with E-state index in [0.717, 1.165) is 37.8 Å². The Bertz CT molecular complexity index is 855. The van der Waals surface area contributed by atoms with Crippen molar-refractivity contribution in [3.8, 4) is 0 Å². The largest absolute Gasteiger partial charge is 0.443 e. The molecule has 4 rings (SSSR count). The summed E-state index contributed by atoms with van der Waals surface area (Å²) in [5.41, 5.74) is 9.07. The molecule has 0 aromatic heterocycles. The van der Waals surface area contributed by atoms with E-state index < -0.39 is 5.60 Å². The first-order chi connectivity index (χ1) is 14.5. The lowest BCUT2D eigenvalue weighted by Gasteiger charge is -2.60. The number of fused-ring (bicyclic) bond motifs is 5. The molecule has 7 nitrogen and oxygen atoms in total. The predicted octanol–water partition coefficient (Wildman–Crippen LogP) is 5.86. The van der Waals surface area contributed by atoms with Gasteiger partial charge >= 0.3 is 6.09 Å². The zero-order chi connectivity index (χ0) is 22.6. The van der Waals surface area contributed by atoms with Gasteiger partial charge in [-0.2, -0.15) is 0 Å². The molecule has 2 saturated carbocycles. The molecule has 1 unspecified atom stereocenters. The molecule has 3 aliphatic carbocycles. The Hall–Kier alpha value is -2.01. The Labute approximate surface area is 185 Å². The van der Waals surface area contributed by atoms with Gasteiger partial charge in [-0.15, -0.1) is 0 Å². The lowest BCUT2D eigenvalue weighted by molar-refractivity contribution is -0.119. The number of amides is 1. The van der Waals surface area contributed by atoms with Gasteiger partial charge in [-0.05, 0) is 87.5 Å². The van der Waals surface area contributed by atoms with E-state index in [9.17, 15) is 9.59 Å². The number of ether oxygens (including phenoxy) is 1. The summed E-state index contributed by atoms with van der Waals surface area (Å²) in [6.45, 7) is 11.4. The molecule has 4 aliphatic rings. The maximum Gasteiger partial charge on any atom is 0.414 e. The standard InChI is InChI=1S/C24H36N4O3/c1-22(2,3)31-21(30)28-14-17-18-7-6-15(13-26-27-25)23(18,4)11-9-19(17)24(5)10-8-16(29)12-20(24)28/h12,15,17-19H,6-11,13-14H2,1-5H3/t15?,17-,18-,19+,23+,24+/m0/s1. The molecule has 0 aromatic carbocycles. The lowest BCUT2D eigenvalue weighted by Crippen LogP contribution is -2.59. The number of piperidine rings is 1. The van der Waals surface area contributed by atoms with Crippen LogP contribution in [0.2, 0.25) is 0 Å². The fourth-order valence-corrected chi connectivity index (χ4v) is 7.34. The van der Waals surface area contributed by atoms with Crippen molar-refractivity contribution in [1.29, 1.82) is 0 Å². The molecule has 6 atom stereocenters. The Morgan fingerprint density at radius 1 is 1.26 bits per heavy atom. The molecular weight excluding hydrogens is 392 g/mol. The van der Waals surface area contributed by atoms with E-state index in [0.29, 0.717) is 43.2 Å². The van der Waals surface area contributed by atoms with E-state index in [4.69, 9.17) is 10.3 Å². The van der Waals surface area contributed by atoms with Crippen LogP contribution >= 0.6 is 0 Å². The second-order valence-corrected chi connectivity index (χ2v) is 11.6. The highest BCUT2D eigenvalue weighted by Crippen LogP contribution is 2.65. The maximum atomic E-state index is 13.3. The minimum atomic E-state index is -0.585. The van der Waals surface area contributed by atoms with Crippen molar-refractivity contribution < 1.29 is 14.3 Å². The quantitative estimate of drug-likeness (QED) is 0.313. The van der Waals surface area contributed by atoms with Gasteiger partial charge in [-0.25, -0.2) is 4.79 Å². The number of nitrogens with zero attached hydrogens (tertiary/aromatic N) is 4. The van der Waals surface area contributed by atoms with Crippen molar-refractivity contribution in [2.75, 3.05) is 13.1 Å². The Morgan fingerprint density at radius 3 is 2.68 bits per heavy atom. The van der Waals surface area contributed by atoms with Crippen LogP contribution in [-0.4, -0.2) is 35.5 Å². The summed E-state index contributed by atoms with van der Waals surface area (Å²) in [4.78, 5) is 30.4. The third-order valence-electron chi connectivity index (χ3n) is 8.89. The fraction of sp³-hybridized carbons (Fsp3) is 0.833. The summed E-state index contributed by atoms with van der Waals surface area (Å²) >= 11 is 0. The van der Waals surface area contributed by atoms with Crippen LogP contribution in [0.25, 0.3) is 10.4 Å². The smallest absolute Gasteiger partial charge is 0.414 e. The SMILES string of the molecule is CC(C)(C)OC(=O)N1C[C@@H]2[C@@H](CC[C@]3(C)C(CN=[N+]=[N-])CC[C@@H]23)[C@@]2(C)CCC(=O)C=C12. The third-order valence-corrected chi connectivity index (χ3v) is 8.89. The number of rotatable bonds is 2. The minimum absolute atomic E-state index is 0.107. The lowest BCUT2D eigenvalue weighted by atomic mass is 9.49. The number of allylic oxidation sites excluding steroid dienone is 2. The van der Waals surface area contributed by atoms with Crippen LogP contribution in [0, 0.1) is 34.5 Å². The highest BCUT2D eigenvalue weighted by molar-refractivity contribution is 5.92. The molecule has 0 N–H and O–H groups in total. The van der Waals surface area contributed by atoms with Crippen molar-refractivity contribution in [2.45, 2.75) is 78.7 Å². The molecule has 7 heteroatoms. The molecule has 1 heterocycles. The highest BCUT2D eigenvalue weighted by Gasteiger charge is 2.61. The van der Waals surface area contributed by atoms with Crippen LogP contribution in [0.15, 0.2) is 16.9 Å². The van der Waals surface area contributed by atoms with E-state index in [-0.39, 0.29) is 22.7 Å². The number of azide groups is 1. The Kier molecular flexibility index (Phi) is 5.40. The number of hydrogen-bond donors (Lipinski definition) is 0. The number of likely N-dealkylation sites (tertiary alicyclic amines) is 1. The first-order valence-corrected chi connectivity index (χ1v) is 11.8. The third kappa shape index (κ3) is 3.65. The molecule has 0 spiro atoms. The van der Waals surface area contributed by atoms with Crippen LogP contribution in [0.3, 0.4) is 0 Å². The second-order valence-electron chi connectivity index (χ2n) is 11.6. The molecular formula is C24H36N4O3. The average molecular weight is 429 g/mol. The van der Waals surface area contributed by atoms with E-state index in [1.54, 1.807) is 11.0 Å². The fourth-order valence-electron chi connectivity index (χ4n) is 7.34. The number of hydrogen-bond acceptors (Lipinski definition) is 4. The van der Waals surface area contributed by atoms with Crippen molar-refractivity contribution in [3.05, 3.63) is 22.2 Å². The van der Waals surface area contributed by atoms with Crippen LogP contribution in [0.5, 0.6) is 0 Å². The van der Waals surface area contributed by atoms with E-state index in [1.165, 1.54) is 0 Å². The van der Waals surface area contributed by atoms with Crippen LogP contribution in [0.1, 0.15) is 73.1 Å². The maximum absolute atomic E-state index is 13.3. The number of ketones is 1. The molecule has 31 heavy (non-hydrogen) atoms. The highest BCUT2D eigenvalue weighted by atomic mass is 16.6. The van der Waals surface area contributed by atoms with Gasteiger partial charge in [0, 0.05) is 41.6 Å². The second kappa shape index (κ2) is 7.54. The van der Waals surface area contributed by atoms with E-state index in [2.05, 4.69) is 23.9 Å². The molecule has 170 valence electrons. The minimum Gasteiger partial charge on any atom is -0.443 e. The average Bonchev–Trinajstić information content (AvgIpc) is 3.01. The van der Waals surface area contributed by atoms with Crippen molar-refractivity contribution in [2.24, 2.45) is 39.6 Å². The summed E-state index contributed by atoms with van der Waals surface area (Å²) in [6.07, 6.45) is 7.12. The number of carbonyl (C=O) groups excluding carboxylic acids is 2. The van der Waals surface area contributed by atoms with E-state index in [1.807, 2.05) is 20.8 Å². The topological polar surface area (TPSA) is 95.4 Å². The van der Waals surface area contributed by atoms with E-state index >= 15 is 0 Å². The summed E-state index contributed by atoms with van der Waals surface area (Å²) in [5, 5.41) is 3.91. The molecule has 0 aromatic rings. The molecule has 1 saturated heterocycles. The molecule has 0 bridgehead atoms. The van der Waals surface area contributed by atoms with Gasteiger partial charge in [0.25, 0.3) is 0 Å². The zero-order valence-electron chi connectivity index (χ0n) is 19.6. The Morgan fingerprint density at radius 2 is 2.00 bits per heavy atom. The summed E-state index contributed by atoms with van der Waals surface area (Å²) < 4.78 is 5.78. The first kappa shape index (κ1) is 22.2. The van der Waals surface area contributed by atoms with Crippen LogP contribution in [0.4, 0.5) is 4.79 Å². The first-order valence-electron chi connectivity index (χ1n) is 11.8. The van der Waals surface area contributed by atoms with Gasteiger partial charge in [0.2, 0.25) is 0 Å². The van der Waals surface area contributed by atoms with Gasteiger partial charge in [0.1, 0.15) is 5.60 Å². The summed E-state index contributed by atoms with van der Waals surface area (Å²) in [5.74, 6) is 1.84. The van der Waals surface area contributed by atoms with Crippen molar-refractivity contribution in [3.63, 3.8) is 0 Å². The van der Waals surface area contributed by atoms with Gasteiger partial charge in [0.05, 0.1) is 0 Å². The van der Waals surface area contributed by atoms with Crippen LogP contribution in [-0.2, 0) is 9.53 Å². The summed E-state index contributed by atoms with van der Waals surface area (Å²) in [7, 11) is 0. The number of carbonyl (C=O) groups is 2. The zero-order valence-corrected chi connectivity index (χ0v) is 19.6. The van der Waals surface area contributed by atoms with Crippen molar-refractivity contribution >= 4 is 11.9 Å². The van der Waals surface area contributed by atoms with Gasteiger partial charge < -0.3 is 4.74 Å². The van der Waals surface area contributed by atoms with Gasteiger partial charge in [-0.3, -0.25) is 9.69 Å². The van der Waals surface area contributed by atoms with Crippen LogP contribution < -0.4 is 0 Å². The van der Waals surface area contributed by atoms with Crippen molar-refractivity contribution in [1.82, 2.24) is 4.90 Å². The Balaban J connectivity index is 1.70. The van der Waals surface area contributed by atoms with Gasteiger partial charge in [-0.1, -0.05) is 19.0 Å². The molecule has 1 aliphatic heterocycles. The molecule has 3 fully saturated rings. The normalized spacial score (nSPS) is 39.6. The van der Waals surface area contributed by atoms with Gasteiger partial charge in [0.15, 0.2) is 5.78 Å². The summed E-state index contributed by atoms with van der Waals surface area (Å²) in [6, 6.07) is 0.